The molecule has 11 heavy (non-hydrogen) atoms. The van der Waals surface area contributed by atoms with E-state index in [0.29, 0.717) is 6.61 Å². The van der Waals surface area contributed by atoms with Crippen LogP contribution < -0.4 is 0 Å². The van der Waals surface area contributed by atoms with Crippen molar-refractivity contribution >= 4 is 27.2 Å². The second kappa shape index (κ2) is 7.42. The van der Waals surface area contributed by atoms with Gasteiger partial charge in [0.25, 0.3) is 0 Å². The Balaban J connectivity index is 0. The SMILES string of the molecule is [CH2]CO[Si](CC)(CC)CC.[LiH]. The van der Waals surface area contributed by atoms with Gasteiger partial charge in [-0.3, -0.25) is 0 Å². The van der Waals surface area contributed by atoms with Crippen molar-refractivity contribution in [2.45, 2.75) is 38.9 Å². The fourth-order valence-electron chi connectivity index (χ4n) is 1.27. The summed E-state index contributed by atoms with van der Waals surface area (Å²) in [7, 11) is -1.28. The molecule has 3 heteroatoms. The van der Waals surface area contributed by atoms with Gasteiger partial charge in [0.2, 0.25) is 0 Å². The number of hydrogen-bond donors (Lipinski definition) is 0. The van der Waals surface area contributed by atoms with E-state index >= 15 is 0 Å². The topological polar surface area (TPSA) is 9.23 Å². The molecule has 0 aliphatic rings. The fourth-order valence-corrected chi connectivity index (χ4v) is 3.82. The average Bonchev–Trinajstić information content (AvgIpc) is 2.01. The quantitative estimate of drug-likeness (QED) is 0.570. The van der Waals surface area contributed by atoms with Crippen molar-refractivity contribution in [1.29, 1.82) is 0 Å². The Morgan fingerprint density at radius 3 is 1.55 bits per heavy atom. The van der Waals surface area contributed by atoms with Crippen molar-refractivity contribution in [1.82, 2.24) is 0 Å². The molecule has 0 aliphatic carbocycles. The molecule has 0 fully saturated rings. The standard InChI is InChI=1S/C8H19OSi.Li.H/c1-5-9-10(6-2,7-3)8-4;;/h1,5-8H2,2-4H3;;. The first-order valence-corrected chi connectivity index (χ1v) is 6.70. The summed E-state index contributed by atoms with van der Waals surface area (Å²) in [6.45, 7) is 11.1. The molecule has 0 rings (SSSR count). The first-order valence-electron chi connectivity index (χ1n) is 4.17. The molecule has 0 spiro atoms. The van der Waals surface area contributed by atoms with Gasteiger partial charge in [-0.1, -0.05) is 20.8 Å². The Morgan fingerprint density at radius 1 is 1.09 bits per heavy atom. The zero-order valence-electron chi connectivity index (χ0n) is 7.44. The molecule has 63 valence electrons. The zero-order valence-corrected chi connectivity index (χ0v) is 8.44. The van der Waals surface area contributed by atoms with Gasteiger partial charge in [-0.2, -0.15) is 0 Å². The van der Waals surface area contributed by atoms with Crippen molar-refractivity contribution < 1.29 is 4.43 Å². The Bertz CT molecular complexity index is 75.9. The number of hydrogen-bond acceptors (Lipinski definition) is 1. The Labute approximate surface area is 84.2 Å². The zero-order chi connectivity index (χ0) is 8.04. The van der Waals surface area contributed by atoms with E-state index in [9.17, 15) is 0 Å². The van der Waals surface area contributed by atoms with Crippen molar-refractivity contribution in [3.05, 3.63) is 6.92 Å². The van der Waals surface area contributed by atoms with Gasteiger partial charge in [0.1, 0.15) is 0 Å². The summed E-state index contributed by atoms with van der Waals surface area (Å²) >= 11 is 0. The van der Waals surface area contributed by atoms with Gasteiger partial charge in [0.15, 0.2) is 8.32 Å². The van der Waals surface area contributed by atoms with E-state index < -0.39 is 8.32 Å². The summed E-state index contributed by atoms with van der Waals surface area (Å²) in [6.07, 6.45) is 0. The minimum atomic E-state index is -1.28. The van der Waals surface area contributed by atoms with Gasteiger partial charge in [0.05, 0.1) is 0 Å². The first kappa shape index (κ1) is 14.3. The van der Waals surface area contributed by atoms with Crippen LogP contribution in [-0.4, -0.2) is 33.8 Å². The summed E-state index contributed by atoms with van der Waals surface area (Å²) in [5, 5.41) is 0. The molecule has 0 amide bonds. The predicted octanol–water partition coefficient (Wildman–Crippen LogP) is 2.19. The maximum atomic E-state index is 5.70. The molecule has 0 N–H and O–H groups in total. The van der Waals surface area contributed by atoms with Gasteiger partial charge in [0, 0.05) is 6.61 Å². The van der Waals surface area contributed by atoms with Crippen molar-refractivity contribution in [2.75, 3.05) is 6.61 Å². The molecule has 0 atom stereocenters. The van der Waals surface area contributed by atoms with E-state index in [2.05, 4.69) is 27.7 Å². The van der Waals surface area contributed by atoms with E-state index in [1.54, 1.807) is 0 Å². The molecule has 0 aromatic rings. The van der Waals surface area contributed by atoms with E-state index in [1.807, 2.05) is 0 Å². The summed E-state index contributed by atoms with van der Waals surface area (Å²) in [5.41, 5.74) is 0. The molecular weight excluding hydrogens is 147 g/mol. The molecule has 0 saturated carbocycles. The summed E-state index contributed by atoms with van der Waals surface area (Å²) in [6, 6.07) is 3.70. The minimum absolute atomic E-state index is 0. The van der Waals surface area contributed by atoms with Crippen LogP contribution in [0.2, 0.25) is 18.1 Å². The van der Waals surface area contributed by atoms with Crippen LogP contribution in [0.3, 0.4) is 0 Å². The molecule has 0 aromatic heterocycles. The average molecular weight is 167 g/mol. The molecule has 0 unspecified atom stereocenters. The molecule has 0 aliphatic heterocycles. The molecule has 0 aromatic carbocycles. The molecular formula is C8H20LiOSi. The predicted molar refractivity (Wildman–Crippen MR) is 55.7 cm³/mol. The van der Waals surface area contributed by atoms with Crippen LogP contribution in [0, 0.1) is 6.92 Å². The van der Waals surface area contributed by atoms with E-state index in [-0.39, 0.29) is 18.9 Å². The van der Waals surface area contributed by atoms with Crippen LogP contribution in [0.15, 0.2) is 0 Å². The van der Waals surface area contributed by atoms with Crippen molar-refractivity contribution in [3.63, 3.8) is 0 Å². The van der Waals surface area contributed by atoms with Crippen LogP contribution in [0.1, 0.15) is 20.8 Å². The fraction of sp³-hybridized carbons (Fsp3) is 0.875. The van der Waals surface area contributed by atoms with Crippen LogP contribution in [0.5, 0.6) is 0 Å². The van der Waals surface area contributed by atoms with Gasteiger partial charge in [-0.25, -0.2) is 0 Å². The summed E-state index contributed by atoms with van der Waals surface area (Å²) in [5.74, 6) is 0. The van der Waals surface area contributed by atoms with Crippen molar-refractivity contribution in [3.8, 4) is 0 Å². The Morgan fingerprint density at radius 2 is 1.45 bits per heavy atom. The first-order chi connectivity index (χ1) is 4.74. The van der Waals surface area contributed by atoms with E-state index in [1.165, 1.54) is 18.1 Å². The van der Waals surface area contributed by atoms with Gasteiger partial charge < -0.3 is 4.43 Å². The third-order valence-corrected chi connectivity index (χ3v) is 7.02. The molecule has 0 heterocycles. The number of rotatable bonds is 5. The van der Waals surface area contributed by atoms with Crippen molar-refractivity contribution in [2.24, 2.45) is 0 Å². The van der Waals surface area contributed by atoms with E-state index in [0.717, 1.165) is 0 Å². The third-order valence-electron chi connectivity index (χ3n) is 2.34. The van der Waals surface area contributed by atoms with Gasteiger partial charge in [-0.15, -0.1) is 0 Å². The van der Waals surface area contributed by atoms with Crippen LogP contribution in [0.4, 0.5) is 0 Å². The molecule has 0 saturated heterocycles. The van der Waals surface area contributed by atoms with Crippen LogP contribution in [-0.2, 0) is 4.43 Å². The summed E-state index contributed by atoms with van der Waals surface area (Å²) in [4.78, 5) is 0. The summed E-state index contributed by atoms with van der Waals surface area (Å²) < 4.78 is 5.70. The van der Waals surface area contributed by atoms with E-state index in [4.69, 9.17) is 4.43 Å². The van der Waals surface area contributed by atoms with Gasteiger partial charge >= 0.3 is 18.9 Å². The van der Waals surface area contributed by atoms with Gasteiger partial charge in [-0.05, 0) is 25.1 Å². The second-order valence-corrected chi connectivity index (χ2v) is 7.37. The molecule has 0 bridgehead atoms. The molecule has 1 radical (unpaired) electrons. The van der Waals surface area contributed by atoms with Crippen LogP contribution >= 0.6 is 0 Å². The molecule has 1 nitrogen and oxygen atoms in total. The third kappa shape index (κ3) is 4.37. The second-order valence-electron chi connectivity index (χ2n) is 2.59. The monoisotopic (exact) mass is 167 g/mol. The maximum absolute atomic E-state index is 5.70. The van der Waals surface area contributed by atoms with Crippen LogP contribution in [0.25, 0.3) is 0 Å². The Kier molecular flexibility index (Phi) is 9.66. The Hall–Kier alpha value is 0.774. The normalized spacial score (nSPS) is 10.9.